The van der Waals surface area contributed by atoms with Gasteiger partial charge in [-0.25, -0.2) is 0 Å². The lowest BCUT2D eigenvalue weighted by Gasteiger charge is -2.37. The molecule has 2 unspecified atom stereocenters. The standard InChI is InChI=1S/C17H25N5O3/c1-4-15(17(23)19-16-7-13(3)25-20-16)21-5-6-24-14(10-21)11-22-9-12(2)8-18-22/h7-9,14-15H,4-6,10-11H2,1-3H3,(H,19,20,23). The van der Waals surface area contributed by atoms with Gasteiger partial charge in [-0.05, 0) is 25.8 Å². The van der Waals surface area contributed by atoms with Gasteiger partial charge in [0, 0.05) is 25.4 Å². The fourth-order valence-electron chi connectivity index (χ4n) is 3.16. The molecule has 1 aliphatic rings. The molecule has 0 radical (unpaired) electrons. The number of ether oxygens (including phenoxy) is 1. The van der Waals surface area contributed by atoms with E-state index in [0.29, 0.717) is 31.3 Å². The summed E-state index contributed by atoms with van der Waals surface area (Å²) < 4.78 is 12.7. The zero-order valence-electron chi connectivity index (χ0n) is 14.9. The normalized spacial score (nSPS) is 19.7. The highest BCUT2D eigenvalue weighted by Crippen LogP contribution is 2.16. The minimum atomic E-state index is -0.220. The third-order valence-corrected chi connectivity index (χ3v) is 4.33. The van der Waals surface area contributed by atoms with Crippen LogP contribution in [-0.4, -0.2) is 57.6 Å². The number of carbonyl (C=O) groups is 1. The summed E-state index contributed by atoms with van der Waals surface area (Å²) in [5.41, 5.74) is 1.13. The number of morpholine rings is 1. The van der Waals surface area contributed by atoms with Gasteiger partial charge in [-0.2, -0.15) is 5.10 Å². The van der Waals surface area contributed by atoms with Crippen molar-refractivity contribution < 1.29 is 14.1 Å². The molecule has 2 aromatic heterocycles. The highest BCUT2D eigenvalue weighted by atomic mass is 16.5. The van der Waals surface area contributed by atoms with Crippen LogP contribution < -0.4 is 5.32 Å². The first kappa shape index (κ1) is 17.6. The van der Waals surface area contributed by atoms with Crippen molar-refractivity contribution in [2.75, 3.05) is 25.0 Å². The van der Waals surface area contributed by atoms with Crippen molar-refractivity contribution in [3.8, 4) is 0 Å². The van der Waals surface area contributed by atoms with E-state index < -0.39 is 0 Å². The summed E-state index contributed by atoms with van der Waals surface area (Å²) in [4.78, 5) is 14.8. The number of amides is 1. The van der Waals surface area contributed by atoms with Crippen molar-refractivity contribution in [3.05, 3.63) is 29.8 Å². The Morgan fingerprint density at radius 3 is 2.96 bits per heavy atom. The molecule has 0 saturated carbocycles. The van der Waals surface area contributed by atoms with Crippen LogP contribution in [0.4, 0.5) is 5.82 Å². The third-order valence-electron chi connectivity index (χ3n) is 4.33. The summed E-state index contributed by atoms with van der Waals surface area (Å²) in [5.74, 6) is 1.06. The fourth-order valence-corrected chi connectivity index (χ4v) is 3.16. The van der Waals surface area contributed by atoms with E-state index in [9.17, 15) is 4.79 Å². The summed E-state index contributed by atoms with van der Waals surface area (Å²) in [6, 6.07) is 1.50. The van der Waals surface area contributed by atoms with Crippen LogP contribution >= 0.6 is 0 Å². The van der Waals surface area contributed by atoms with Gasteiger partial charge >= 0.3 is 0 Å². The number of nitrogens with zero attached hydrogens (tertiary/aromatic N) is 4. The number of hydrogen-bond donors (Lipinski definition) is 1. The Labute approximate surface area is 147 Å². The molecule has 8 nitrogen and oxygen atoms in total. The zero-order chi connectivity index (χ0) is 17.8. The maximum atomic E-state index is 12.6. The number of anilines is 1. The molecule has 3 heterocycles. The number of aromatic nitrogens is 3. The van der Waals surface area contributed by atoms with Gasteiger partial charge in [-0.3, -0.25) is 14.4 Å². The summed E-state index contributed by atoms with van der Waals surface area (Å²) in [7, 11) is 0. The first-order valence-electron chi connectivity index (χ1n) is 8.64. The van der Waals surface area contributed by atoms with E-state index >= 15 is 0 Å². The number of nitrogens with one attached hydrogen (secondary N) is 1. The molecular formula is C17H25N5O3. The molecule has 0 aromatic carbocycles. The smallest absolute Gasteiger partial charge is 0.242 e. The van der Waals surface area contributed by atoms with E-state index in [1.807, 2.05) is 30.9 Å². The number of carbonyl (C=O) groups excluding carboxylic acids is 1. The zero-order valence-corrected chi connectivity index (χ0v) is 14.9. The van der Waals surface area contributed by atoms with Crippen molar-refractivity contribution in [2.45, 2.75) is 45.9 Å². The first-order chi connectivity index (χ1) is 12.0. The molecule has 1 fully saturated rings. The predicted molar refractivity (Wildman–Crippen MR) is 92.2 cm³/mol. The molecule has 1 saturated heterocycles. The van der Waals surface area contributed by atoms with E-state index in [1.54, 1.807) is 13.0 Å². The van der Waals surface area contributed by atoms with Crippen LogP contribution in [0.2, 0.25) is 0 Å². The summed E-state index contributed by atoms with van der Waals surface area (Å²) in [5, 5.41) is 11.0. The van der Waals surface area contributed by atoms with E-state index in [4.69, 9.17) is 9.26 Å². The second-order valence-electron chi connectivity index (χ2n) is 6.46. The van der Waals surface area contributed by atoms with Gasteiger partial charge in [-0.1, -0.05) is 12.1 Å². The van der Waals surface area contributed by atoms with Crippen LogP contribution in [0.25, 0.3) is 0 Å². The van der Waals surface area contributed by atoms with Gasteiger partial charge in [0.2, 0.25) is 5.91 Å². The lowest BCUT2D eigenvalue weighted by atomic mass is 10.1. The lowest BCUT2D eigenvalue weighted by molar-refractivity contribution is -0.125. The number of aryl methyl sites for hydroxylation is 2. The van der Waals surface area contributed by atoms with Crippen molar-refractivity contribution >= 4 is 11.7 Å². The van der Waals surface area contributed by atoms with Gasteiger partial charge in [0.25, 0.3) is 0 Å². The Morgan fingerprint density at radius 2 is 2.32 bits per heavy atom. The quantitative estimate of drug-likeness (QED) is 0.854. The molecule has 2 atom stereocenters. The summed E-state index contributed by atoms with van der Waals surface area (Å²) >= 11 is 0. The molecule has 0 spiro atoms. The van der Waals surface area contributed by atoms with E-state index in [1.165, 1.54) is 0 Å². The maximum Gasteiger partial charge on any atom is 0.242 e. The van der Waals surface area contributed by atoms with E-state index in [-0.39, 0.29) is 18.1 Å². The second-order valence-corrected chi connectivity index (χ2v) is 6.46. The SMILES string of the molecule is CCC(C(=O)Nc1cc(C)on1)N1CCOC(Cn2cc(C)cn2)C1. The van der Waals surface area contributed by atoms with Crippen LogP contribution in [0.5, 0.6) is 0 Å². The summed E-state index contributed by atoms with van der Waals surface area (Å²) in [6.45, 7) is 8.55. The molecule has 1 aliphatic heterocycles. The largest absolute Gasteiger partial charge is 0.374 e. The minimum absolute atomic E-state index is 0.0178. The van der Waals surface area contributed by atoms with Crippen molar-refractivity contribution in [3.63, 3.8) is 0 Å². The minimum Gasteiger partial charge on any atom is -0.374 e. The Hall–Kier alpha value is -2.19. The Kier molecular flexibility index (Phi) is 5.50. The van der Waals surface area contributed by atoms with Crippen LogP contribution in [-0.2, 0) is 16.1 Å². The van der Waals surface area contributed by atoms with Crippen LogP contribution in [0, 0.1) is 13.8 Å². The van der Waals surface area contributed by atoms with E-state index in [2.05, 4.69) is 20.5 Å². The second kappa shape index (κ2) is 7.79. The highest BCUT2D eigenvalue weighted by Gasteiger charge is 2.30. The number of hydrogen-bond acceptors (Lipinski definition) is 6. The topological polar surface area (TPSA) is 85.4 Å². The van der Waals surface area contributed by atoms with Crippen molar-refractivity contribution in [1.29, 1.82) is 0 Å². The van der Waals surface area contributed by atoms with Gasteiger partial charge in [0.15, 0.2) is 5.82 Å². The van der Waals surface area contributed by atoms with Crippen molar-refractivity contribution in [1.82, 2.24) is 19.8 Å². The Balaban J connectivity index is 1.60. The predicted octanol–water partition coefficient (Wildman–Crippen LogP) is 1.61. The maximum absolute atomic E-state index is 12.6. The van der Waals surface area contributed by atoms with Crippen LogP contribution in [0.3, 0.4) is 0 Å². The van der Waals surface area contributed by atoms with Gasteiger partial charge in [0.05, 0.1) is 31.5 Å². The molecule has 2 aromatic rings. The van der Waals surface area contributed by atoms with Crippen LogP contribution in [0.15, 0.2) is 23.0 Å². The van der Waals surface area contributed by atoms with Gasteiger partial charge in [0.1, 0.15) is 5.76 Å². The fraction of sp³-hybridized carbons (Fsp3) is 0.588. The molecule has 1 amide bonds. The average Bonchev–Trinajstić information content (AvgIpc) is 3.17. The molecule has 1 N–H and O–H groups in total. The third kappa shape index (κ3) is 4.46. The van der Waals surface area contributed by atoms with Crippen molar-refractivity contribution in [2.24, 2.45) is 0 Å². The average molecular weight is 347 g/mol. The molecule has 3 rings (SSSR count). The Morgan fingerprint density at radius 1 is 1.48 bits per heavy atom. The van der Waals surface area contributed by atoms with Gasteiger partial charge < -0.3 is 14.6 Å². The van der Waals surface area contributed by atoms with Gasteiger partial charge in [-0.15, -0.1) is 0 Å². The molecule has 136 valence electrons. The summed E-state index contributed by atoms with van der Waals surface area (Å²) in [6.07, 6.45) is 4.57. The molecule has 0 bridgehead atoms. The lowest BCUT2D eigenvalue weighted by Crippen LogP contribution is -2.52. The number of rotatable bonds is 6. The Bertz CT molecular complexity index is 711. The van der Waals surface area contributed by atoms with Crippen LogP contribution in [0.1, 0.15) is 24.7 Å². The monoisotopic (exact) mass is 347 g/mol. The van der Waals surface area contributed by atoms with E-state index in [0.717, 1.165) is 18.5 Å². The molecule has 8 heteroatoms. The highest BCUT2D eigenvalue weighted by molar-refractivity contribution is 5.94. The molecular weight excluding hydrogens is 322 g/mol. The molecule has 0 aliphatic carbocycles. The first-order valence-corrected chi connectivity index (χ1v) is 8.64. The molecule has 25 heavy (non-hydrogen) atoms.